The minimum atomic E-state index is 0.0437. The van der Waals surface area contributed by atoms with Crippen LogP contribution in [0.1, 0.15) is 34.4 Å². The van der Waals surface area contributed by atoms with Crippen LogP contribution in [0.4, 0.5) is 11.8 Å². The molecule has 0 saturated carbocycles. The molecule has 9 heteroatoms. The van der Waals surface area contributed by atoms with E-state index < -0.39 is 0 Å². The molecule has 0 radical (unpaired) electrons. The monoisotopic (exact) mass is 375 g/mol. The smallest absolute Gasteiger partial charge is 0.267 e. The van der Waals surface area contributed by atoms with Crippen LogP contribution in [0.5, 0.6) is 0 Å². The molecule has 1 fully saturated rings. The van der Waals surface area contributed by atoms with Crippen LogP contribution in [0.2, 0.25) is 0 Å². The number of carbonyl (C=O) groups excluding carboxylic acids is 1. The molecule has 1 aliphatic heterocycles. The van der Waals surface area contributed by atoms with E-state index in [0.717, 1.165) is 49.1 Å². The maximum atomic E-state index is 12.8. The summed E-state index contributed by atoms with van der Waals surface area (Å²) < 4.78 is 3.96. The Morgan fingerprint density at radius 3 is 2.62 bits per heavy atom. The molecular weight excluding hydrogens is 350 g/mol. The number of carbonyl (C=O) groups is 1. The average molecular weight is 376 g/mol. The standard InChI is InChI=1S/C17H25N7OS/c1-5-6-13-15(26-21-20-13)16(25)23-7-9-24(10-8-23)17-18-12(2)11-14(19-17)22(3)4/h11H,5-10H2,1-4H3. The van der Waals surface area contributed by atoms with Crippen molar-refractivity contribution in [2.24, 2.45) is 0 Å². The first-order chi connectivity index (χ1) is 12.5. The van der Waals surface area contributed by atoms with Gasteiger partial charge in [0.15, 0.2) is 0 Å². The summed E-state index contributed by atoms with van der Waals surface area (Å²) in [6, 6.07) is 1.97. The molecule has 8 nitrogen and oxygen atoms in total. The Kier molecular flexibility index (Phi) is 5.65. The summed E-state index contributed by atoms with van der Waals surface area (Å²) >= 11 is 1.20. The lowest BCUT2D eigenvalue weighted by Crippen LogP contribution is -2.49. The Hall–Kier alpha value is -2.29. The van der Waals surface area contributed by atoms with Gasteiger partial charge in [0, 0.05) is 52.0 Å². The zero-order valence-electron chi connectivity index (χ0n) is 15.8. The van der Waals surface area contributed by atoms with Gasteiger partial charge in [-0.3, -0.25) is 4.79 Å². The fourth-order valence-corrected chi connectivity index (χ4v) is 3.61. The third-order valence-electron chi connectivity index (χ3n) is 4.37. The van der Waals surface area contributed by atoms with Gasteiger partial charge in [0.25, 0.3) is 5.91 Å². The fraction of sp³-hybridized carbons (Fsp3) is 0.588. The van der Waals surface area contributed by atoms with Crippen molar-refractivity contribution < 1.29 is 4.79 Å². The highest BCUT2D eigenvalue weighted by Crippen LogP contribution is 2.20. The van der Waals surface area contributed by atoms with Gasteiger partial charge in [0.1, 0.15) is 10.7 Å². The Morgan fingerprint density at radius 1 is 1.23 bits per heavy atom. The highest BCUT2D eigenvalue weighted by Gasteiger charge is 2.27. The van der Waals surface area contributed by atoms with E-state index in [1.807, 2.05) is 36.9 Å². The third-order valence-corrected chi connectivity index (χ3v) is 5.13. The van der Waals surface area contributed by atoms with Crippen LogP contribution < -0.4 is 9.80 Å². The second-order valence-corrected chi connectivity index (χ2v) is 7.39. The van der Waals surface area contributed by atoms with Gasteiger partial charge in [-0.1, -0.05) is 17.8 Å². The van der Waals surface area contributed by atoms with Crippen molar-refractivity contribution in [3.05, 3.63) is 22.3 Å². The van der Waals surface area contributed by atoms with Gasteiger partial charge in [-0.25, -0.2) is 4.98 Å². The molecule has 26 heavy (non-hydrogen) atoms. The molecule has 140 valence electrons. The summed E-state index contributed by atoms with van der Waals surface area (Å²) in [7, 11) is 3.94. The first kappa shape index (κ1) is 18.5. The van der Waals surface area contributed by atoms with Gasteiger partial charge in [0.05, 0.1) is 5.69 Å². The van der Waals surface area contributed by atoms with Crippen molar-refractivity contribution in [1.82, 2.24) is 24.5 Å². The number of amides is 1. The Balaban J connectivity index is 1.67. The molecule has 0 spiro atoms. The summed E-state index contributed by atoms with van der Waals surface area (Å²) in [6.45, 7) is 6.79. The number of piperazine rings is 1. The SMILES string of the molecule is CCCc1nnsc1C(=O)N1CCN(c2nc(C)cc(N(C)C)n2)CC1. The van der Waals surface area contributed by atoms with E-state index in [0.29, 0.717) is 18.0 Å². The largest absolute Gasteiger partial charge is 0.363 e. The molecule has 0 N–H and O–H groups in total. The van der Waals surface area contributed by atoms with E-state index in [4.69, 9.17) is 0 Å². The maximum absolute atomic E-state index is 12.8. The topological polar surface area (TPSA) is 78.4 Å². The summed E-state index contributed by atoms with van der Waals surface area (Å²) in [5, 5.41) is 4.11. The lowest BCUT2D eigenvalue weighted by Gasteiger charge is -2.34. The minimum absolute atomic E-state index is 0.0437. The van der Waals surface area contributed by atoms with Crippen molar-refractivity contribution in [3.63, 3.8) is 0 Å². The van der Waals surface area contributed by atoms with Gasteiger partial charge >= 0.3 is 0 Å². The third kappa shape index (κ3) is 3.92. The van der Waals surface area contributed by atoms with E-state index in [1.54, 1.807) is 0 Å². The molecule has 1 amide bonds. The van der Waals surface area contributed by atoms with E-state index in [-0.39, 0.29) is 5.91 Å². The predicted octanol–water partition coefficient (Wildman–Crippen LogP) is 1.62. The van der Waals surface area contributed by atoms with Crippen molar-refractivity contribution in [3.8, 4) is 0 Å². The van der Waals surface area contributed by atoms with Crippen LogP contribution >= 0.6 is 11.5 Å². The zero-order valence-corrected chi connectivity index (χ0v) is 16.6. The highest BCUT2D eigenvalue weighted by molar-refractivity contribution is 7.08. The van der Waals surface area contributed by atoms with Crippen molar-refractivity contribution >= 4 is 29.2 Å². The lowest BCUT2D eigenvalue weighted by molar-refractivity contribution is 0.0749. The highest BCUT2D eigenvalue weighted by atomic mass is 32.1. The Morgan fingerprint density at radius 2 is 1.96 bits per heavy atom. The van der Waals surface area contributed by atoms with Crippen LogP contribution in [0.15, 0.2) is 6.07 Å². The molecular formula is C17H25N7OS. The van der Waals surface area contributed by atoms with Crippen LogP contribution in [-0.4, -0.2) is 70.6 Å². The number of nitrogens with zero attached hydrogens (tertiary/aromatic N) is 7. The van der Waals surface area contributed by atoms with Gasteiger partial charge in [-0.2, -0.15) is 4.98 Å². The van der Waals surface area contributed by atoms with E-state index in [1.165, 1.54) is 11.5 Å². The molecule has 0 aliphatic carbocycles. The number of aryl methyl sites for hydroxylation is 2. The maximum Gasteiger partial charge on any atom is 0.267 e. The molecule has 1 aliphatic rings. The number of hydrogen-bond donors (Lipinski definition) is 0. The summed E-state index contributed by atoms with van der Waals surface area (Å²) in [5.41, 5.74) is 1.76. The molecule has 0 bridgehead atoms. The van der Waals surface area contributed by atoms with E-state index in [9.17, 15) is 4.79 Å². The number of rotatable bonds is 5. The predicted molar refractivity (Wildman–Crippen MR) is 103 cm³/mol. The van der Waals surface area contributed by atoms with Gasteiger partial charge in [-0.05, 0) is 24.9 Å². The molecule has 0 unspecified atom stereocenters. The molecule has 0 aromatic carbocycles. The molecule has 1 saturated heterocycles. The summed E-state index contributed by atoms with van der Waals surface area (Å²) in [6.07, 6.45) is 1.75. The molecule has 2 aromatic rings. The van der Waals surface area contributed by atoms with E-state index >= 15 is 0 Å². The van der Waals surface area contributed by atoms with Gasteiger partial charge in [0.2, 0.25) is 5.95 Å². The van der Waals surface area contributed by atoms with Crippen LogP contribution in [0.3, 0.4) is 0 Å². The minimum Gasteiger partial charge on any atom is -0.363 e. The lowest BCUT2D eigenvalue weighted by atomic mass is 10.2. The van der Waals surface area contributed by atoms with Crippen LogP contribution in [0.25, 0.3) is 0 Å². The van der Waals surface area contributed by atoms with Crippen molar-refractivity contribution in [2.45, 2.75) is 26.7 Å². The Labute approximate surface area is 158 Å². The second kappa shape index (κ2) is 7.94. The van der Waals surface area contributed by atoms with E-state index in [2.05, 4.69) is 31.4 Å². The summed E-state index contributed by atoms with van der Waals surface area (Å²) in [4.78, 5) is 28.7. The molecule has 2 aromatic heterocycles. The Bertz CT molecular complexity index is 768. The summed E-state index contributed by atoms with van der Waals surface area (Å²) in [5.74, 6) is 1.67. The van der Waals surface area contributed by atoms with Gasteiger partial charge in [-0.15, -0.1) is 5.10 Å². The quantitative estimate of drug-likeness (QED) is 0.786. The first-order valence-electron chi connectivity index (χ1n) is 8.88. The molecule has 3 rings (SSSR count). The average Bonchev–Trinajstić information content (AvgIpc) is 3.09. The molecule has 3 heterocycles. The fourth-order valence-electron chi connectivity index (χ4n) is 2.93. The first-order valence-corrected chi connectivity index (χ1v) is 9.65. The van der Waals surface area contributed by atoms with Crippen molar-refractivity contribution in [1.29, 1.82) is 0 Å². The number of hydrogen-bond acceptors (Lipinski definition) is 8. The number of aromatic nitrogens is 4. The zero-order chi connectivity index (χ0) is 18.7. The van der Waals surface area contributed by atoms with Crippen molar-refractivity contribution in [2.75, 3.05) is 50.1 Å². The van der Waals surface area contributed by atoms with Crippen LogP contribution in [-0.2, 0) is 6.42 Å². The second-order valence-electron chi connectivity index (χ2n) is 6.64. The molecule has 0 atom stereocenters. The van der Waals surface area contributed by atoms with Gasteiger partial charge < -0.3 is 14.7 Å². The number of anilines is 2. The normalized spacial score (nSPS) is 14.6. The van der Waals surface area contributed by atoms with Crippen LogP contribution in [0, 0.1) is 6.92 Å².